The maximum atomic E-state index is 10.1. The first-order valence-corrected chi connectivity index (χ1v) is 4.28. The Morgan fingerprint density at radius 3 is 1.53 bits per heavy atom. The van der Waals surface area contributed by atoms with E-state index in [2.05, 4.69) is 0 Å². The van der Waals surface area contributed by atoms with E-state index >= 15 is 0 Å². The molecule has 4 N–H and O–H groups in total. The van der Waals surface area contributed by atoms with Crippen LogP contribution in [0.3, 0.4) is 0 Å². The number of carbonyl (C=O) groups is 1. The highest BCUT2D eigenvalue weighted by Gasteiger charge is 2.14. The SMILES string of the molecule is CC(=O)N(C#N)C#N.CC(C)(C)C(N)N. The minimum Gasteiger partial charge on any atom is -0.316 e. The third-order valence-corrected chi connectivity index (χ3v) is 1.51. The summed E-state index contributed by atoms with van der Waals surface area (Å²) >= 11 is 0. The van der Waals surface area contributed by atoms with Gasteiger partial charge in [-0.1, -0.05) is 20.8 Å². The Balaban J connectivity index is 0. The molecule has 84 valence electrons. The quantitative estimate of drug-likeness (QED) is 0.334. The van der Waals surface area contributed by atoms with Crippen molar-refractivity contribution in [2.45, 2.75) is 33.9 Å². The molecule has 6 heteroatoms. The van der Waals surface area contributed by atoms with Crippen LogP contribution in [-0.2, 0) is 4.79 Å². The summed E-state index contributed by atoms with van der Waals surface area (Å²) in [6, 6.07) is 0. The van der Waals surface area contributed by atoms with E-state index < -0.39 is 5.91 Å². The normalized spacial score (nSPS) is 9.40. The van der Waals surface area contributed by atoms with Crippen LogP contribution in [0.5, 0.6) is 0 Å². The van der Waals surface area contributed by atoms with Crippen LogP contribution < -0.4 is 11.5 Å². The van der Waals surface area contributed by atoms with Gasteiger partial charge in [-0.25, -0.2) is 0 Å². The molecule has 6 nitrogen and oxygen atoms in total. The fraction of sp³-hybridized carbons (Fsp3) is 0.667. The highest BCUT2D eigenvalue weighted by Crippen LogP contribution is 2.12. The molecule has 0 radical (unpaired) electrons. The second-order valence-corrected chi connectivity index (χ2v) is 3.95. The van der Waals surface area contributed by atoms with Crippen molar-refractivity contribution in [1.82, 2.24) is 4.90 Å². The molecule has 0 aromatic rings. The highest BCUT2D eigenvalue weighted by molar-refractivity contribution is 5.76. The van der Waals surface area contributed by atoms with Crippen molar-refractivity contribution in [3.63, 3.8) is 0 Å². The molecule has 1 amide bonds. The number of hydrogen-bond acceptors (Lipinski definition) is 5. The van der Waals surface area contributed by atoms with Gasteiger partial charge in [0.1, 0.15) is 0 Å². The largest absolute Gasteiger partial charge is 0.316 e. The molecular weight excluding hydrogens is 194 g/mol. The first-order valence-electron chi connectivity index (χ1n) is 4.28. The van der Waals surface area contributed by atoms with Gasteiger partial charge in [-0.2, -0.15) is 10.5 Å². The van der Waals surface area contributed by atoms with Crippen LogP contribution in [0.2, 0.25) is 0 Å². The summed E-state index contributed by atoms with van der Waals surface area (Å²) < 4.78 is 0. The Morgan fingerprint density at radius 2 is 1.53 bits per heavy atom. The van der Waals surface area contributed by atoms with Crippen molar-refractivity contribution >= 4 is 5.91 Å². The van der Waals surface area contributed by atoms with Crippen molar-refractivity contribution in [1.29, 1.82) is 10.5 Å². The molecule has 0 aromatic carbocycles. The maximum Gasteiger partial charge on any atom is 0.246 e. The average molecular weight is 211 g/mol. The smallest absolute Gasteiger partial charge is 0.246 e. The lowest BCUT2D eigenvalue weighted by molar-refractivity contribution is -0.123. The minimum absolute atomic E-state index is 0.0556. The van der Waals surface area contributed by atoms with Gasteiger partial charge >= 0.3 is 0 Å². The zero-order valence-corrected chi connectivity index (χ0v) is 9.48. The van der Waals surface area contributed by atoms with E-state index in [0.717, 1.165) is 6.92 Å². The monoisotopic (exact) mass is 211 g/mol. The Kier molecular flexibility index (Phi) is 7.14. The predicted molar refractivity (Wildman–Crippen MR) is 55.4 cm³/mol. The molecule has 0 saturated heterocycles. The van der Waals surface area contributed by atoms with Gasteiger partial charge in [-0.05, 0) is 5.41 Å². The number of hydrogen-bond donors (Lipinski definition) is 2. The van der Waals surface area contributed by atoms with Gasteiger partial charge in [0.2, 0.25) is 18.3 Å². The van der Waals surface area contributed by atoms with Crippen LogP contribution in [0.1, 0.15) is 27.7 Å². The maximum absolute atomic E-state index is 10.1. The average Bonchev–Trinajstić information content (AvgIpc) is 2.04. The molecule has 0 aliphatic carbocycles. The van der Waals surface area contributed by atoms with Gasteiger partial charge < -0.3 is 11.5 Å². The third kappa shape index (κ3) is 8.69. The molecule has 0 bridgehead atoms. The van der Waals surface area contributed by atoms with Crippen LogP contribution in [0, 0.1) is 28.3 Å². The van der Waals surface area contributed by atoms with Crippen LogP contribution in [0.25, 0.3) is 0 Å². The number of nitrogens with zero attached hydrogens (tertiary/aromatic N) is 3. The van der Waals surface area contributed by atoms with Crippen molar-refractivity contribution in [2.24, 2.45) is 16.9 Å². The topological polar surface area (TPSA) is 120 Å². The van der Waals surface area contributed by atoms with Gasteiger partial charge in [0.05, 0.1) is 6.17 Å². The lowest BCUT2D eigenvalue weighted by Gasteiger charge is -2.22. The molecular formula is C9H17N5O. The first kappa shape index (κ1) is 15.8. The lowest BCUT2D eigenvalue weighted by atomic mass is 9.94. The van der Waals surface area contributed by atoms with Crippen molar-refractivity contribution < 1.29 is 4.79 Å². The molecule has 0 aromatic heterocycles. The fourth-order valence-corrected chi connectivity index (χ4v) is 0.163. The molecule has 0 aliphatic rings. The molecule has 0 atom stereocenters. The van der Waals surface area contributed by atoms with Crippen molar-refractivity contribution in [3.8, 4) is 12.4 Å². The van der Waals surface area contributed by atoms with E-state index in [1.807, 2.05) is 20.8 Å². The van der Waals surface area contributed by atoms with Gasteiger partial charge in [-0.3, -0.25) is 4.79 Å². The Bertz CT molecular complexity index is 264. The van der Waals surface area contributed by atoms with E-state index in [1.165, 1.54) is 12.4 Å². The number of amides is 1. The Labute approximate surface area is 90.1 Å². The number of rotatable bonds is 0. The number of carbonyl (C=O) groups excluding carboxylic acids is 1. The molecule has 0 aliphatic heterocycles. The Hall–Kier alpha value is -1.63. The van der Waals surface area contributed by atoms with Crippen molar-refractivity contribution in [3.05, 3.63) is 0 Å². The highest BCUT2D eigenvalue weighted by atomic mass is 16.2. The Morgan fingerprint density at radius 1 is 1.27 bits per heavy atom. The zero-order chi connectivity index (χ0) is 12.6. The van der Waals surface area contributed by atoms with Crippen LogP contribution in [-0.4, -0.2) is 17.0 Å². The van der Waals surface area contributed by atoms with E-state index in [1.54, 1.807) is 0 Å². The van der Waals surface area contributed by atoms with E-state index in [9.17, 15) is 4.79 Å². The summed E-state index contributed by atoms with van der Waals surface area (Å²) in [5.74, 6) is -0.560. The summed E-state index contributed by atoms with van der Waals surface area (Å²) in [5.41, 5.74) is 10.8. The van der Waals surface area contributed by atoms with Gasteiger partial charge in [0.25, 0.3) is 0 Å². The standard InChI is InChI=1S/C5H14N2.C4H3N3O/c1-5(2,3)4(6)7;1-4(8)7(2-5)3-6/h4H,6-7H2,1-3H3;1H3. The van der Waals surface area contributed by atoms with Gasteiger partial charge in [0.15, 0.2) is 0 Å². The summed E-state index contributed by atoms with van der Waals surface area (Å²) in [6.45, 7) is 7.18. The second kappa shape index (κ2) is 6.77. The summed E-state index contributed by atoms with van der Waals surface area (Å²) in [5, 5.41) is 15.9. The number of nitriles is 2. The molecule has 0 rings (SSSR count). The van der Waals surface area contributed by atoms with Gasteiger partial charge in [0, 0.05) is 6.92 Å². The fourth-order valence-electron chi connectivity index (χ4n) is 0.163. The summed E-state index contributed by atoms with van der Waals surface area (Å²) in [6.07, 6.45) is 2.55. The molecule has 15 heavy (non-hydrogen) atoms. The summed E-state index contributed by atoms with van der Waals surface area (Å²) in [4.78, 5) is 10.5. The third-order valence-electron chi connectivity index (χ3n) is 1.51. The predicted octanol–water partition coefficient (Wildman–Crippen LogP) is 0.0731. The number of nitrogens with two attached hydrogens (primary N) is 2. The zero-order valence-electron chi connectivity index (χ0n) is 9.48. The molecule has 0 saturated carbocycles. The van der Waals surface area contributed by atoms with Gasteiger partial charge in [-0.15, -0.1) is 4.90 Å². The summed E-state index contributed by atoms with van der Waals surface area (Å²) in [7, 11) is 0. The molecule has 0 spiro atoms. The van der Waals surface area contributed by atoms with Crippen molar-refractivity contribution in [2.75, 3.05) is 0 Å². The minimum atomic E-state index is -0.560. The van der Waals surface area contributed by atoms with E-state index in [4.69, 9.17) is 22.0 Å². The van der Waals surface area contributed by atoms with E-state index in [0.29, 0.717) is 4.90 Å². The lowest BCUT2D eigenvalue weighted by Crippen LogP contribution is -2.42. The molecule has 0 fully saturated rings. The van der Waals surface area contributed by atoms with Crippen LogP contribution >= 0.6 is 0 Å². The van der Waals surface area contributed by atoms with Crippen LogP contribution in [0.15, 0.2) is 0 Å². The molecule has 0 heterocycles. The van der Waals surface area contributed by atoms with Crippen LogP contribution in [0.4, 0.5) is 0 Å². The van der Waals surface area contributed by atoms with E-state index in [-0.39, 0.29) is 11.6 Å². The molecule has 0 unspecified atom stereocenters. The first-order chi connectivity index (χ1) is 6.66. The second-order valence-electron chi connectivity index (χ2n) is 3.95.